The van der Waals surface area contributed by atoms with Gasteiger partial charge in [-0.05, 0) is 63.8 Å². The van der Waals surface area contributed by atoms with Gasteiger partial charge in [-0.25, -0.2) is 0 Å². The van der Waals surface area contributed by atoms with Gasteiger partial charge in [0.2, 0.25) is 6.67 Å². The Labute approximate surface area is 158 Å². The second kappa shape index (κ2) is 6.71. The smallest absolute Gasteiger partial charge is 0.219 e. The molecule has 1 aliphatic rings. The molecule has 1 aliphatic heterocycles. The van der Waals surface area contributed by atoms with Crippen molar-refractivity contribution in [1.82, 2.24) is 4.90 Å². The summed E-state index contributed by atoms with van der Waals surface area (Å²) in [5.74, 6) is 1.11. The molecule has 0 spiro atoms. The van der Waals surface area contributed by atoms with Crippen molar-refractivity contribution in [3.05, 3.63) is 76.3 Å². The highest BCUT2D eigenvalue weighted by Crippen LogP contribution is 2.38. The predicted octanol–water partition coefficient (Wildman–Crippen LogP) is 5.22. The normalized spacial score (nSPS) is 14.1. The Bertz CT molecular complexity index is 831. The van der Waals surface area contributed by atoms with E-state index in [1.54, 1.807) is 0 Å². The third-order valence-electron chi connectivity index (χ3n) is 4.87. The molecule has 0 amide bonds. The molecule has 0 atom stereocenters. The number of benzene rings is 2. The molecule has 0 aliphatic carbocycles. The zero-order valence-corrected chi connectivity index (χ0v) is 17.2. The molecule has 2 aromatic rings. The lowest BCUT2D eigenvalue weighted by Crippen LogP contribution is -2.28. The maximum atomic E-state index is 3.59. The van der Waals surface area contributed by atoms with Gasteiger partial charge in [-0.15, -0.1) is 0 Å². The van der Waals surface area contributed by atoms with Crippen LogP contribution in [-0.4, -0.2) is 19.0 Å². The molecule has 3 heteroatoms. The van der Waals surface area contributed by atoms with Crippen molar-refractivity contribution in [3.8, 4) is 0 Å². The van der Waals surface area contributed by atoms with E-state index in [-0.39, 0.29) is 0 Å². The van der Waals surface area contributed by atoms with E-state index in [0.29, 0.717) is 0 Å². The Balaban J connectivity index is 2.08. The Morgan fingerprint density at radius 3 is 1.54 bits per heavy atom. The fraction of sp³-hybridized carbons (Fsp3) is 0.348. The summed E-state index contributed by atoms with van der Waals surface area (Å²) < 4.78 is 0. The zero-order chi connectivity index (χ0) is 19.2. The first-order valence-corrected chi connectivity index (χ1v) is 9.09. The van der Waals surface area contributed by atoms with Crippen LogP contribution in [-0.2, 0) is 0 Å². The van der Waals surface area contributed by atoms with Crippen molar-refractivity contribution in [1.29, 1.82) is 0 Å². The number of aryl methyl sites for hydroxylation is 6. The molecule has 2 radical (unpaired) electrons. The van der Waals surface area contributed by atoms with Crippen LogP contribution in [0.4, 0.5) is 11.4 Å². The second-order valence-corrected chi connectivity index (χ2v) is 7.68. The molecule has 2 aromatic carbocycles. The third kappa shape index (κ3) is 3.18. The van der Waals surface area contributed by atoms with Gasteiger partial charge >= 0.3 is 0 Å². The first-order chi connectivity index (χ1) is 12.2. The molecular formula is C23H29N3. The summed E-state index contributed by atoms with van der Waals surface area (Å²) in [5.41, 5.74) is 10.1. The summed E-state index contributed by atoms with van der Waals surface area (Å²) in [4.78, 5) is 6.46. The molecule has 3 rings (SSSR count). The van der Waals surface area contributed by atoms with E-state index in [0.717, 1.165) is 5.82 Å². The van der Waals surface area contributed by atoms with Gasteiger partial charge in [-0.1, -0.05) is 35.4 Å². The summed E-state index contributed by atoms with van der Waals surface area (Å²) >= 11 is 0. The summed E-state index contributed by atoms with van der Waals surface area (Å²) in [6.45, 7) is 16.6. The Morgan fingerprint density at radius 2 is 1.12 bits per heavy atom. The first-order valence-electron chi connectivity index (χ1n) is 9.09. The first kappa shape index (κ1) is 18.4. The van der Waals surface area contributed by atoms with Crippen LogP contribution in [0.15, 0.2) is 36.3 Å². The van der Waals surface area contributed by atoms with Crippen LogP contribution in [0, 0.1) is 48.2 Å². The zero-order valence-electron chi connectivity index (χ0n) is 17.2. The molecule has 0 bridgehead atoms. The highest BCUT2D eigenvalue weighted by Gasteiger charge is 2.30. The number of hydrogen-bond donors (Lipinski definition) is 0. The van der Waals surface area contributed by atoms with Crippen molar-refractivity contribution in [2.45, 2.75) is 41.5 Å². The largest absolute Gasteiger partial charge is 0.363 e. The van der Waals surface area contributed by atoms with Crippen molar-refractivity contribution in [2.75, 3.05) is 23.9 Å². The number of hydrogen-bond acceptors (Lipinski definition) is 3. The van der Waals surface area contributed by atoms with Gasteiger partial charge in [-0.2, -0.15) is 0 Å². The van der Waals surface area contributed by atoms with Gasteiger partial charge in [0.05, 0.1) is 5.69 Å². The lowest BCUT2D eigenvalue weighted by atomic mass is 10.0. The van der Waals surface area contributed by atoms with Crippen molar-refractivity contribution < 1.29 is 0 Å². The Morgan fingerprint density at radius 1 is 0.692 bits per heavy atom. The van der Waals surface area contributed by atoms with Crippen molar-refractivity contribution in [3.63, 3.8) is 0 Å². The third-order valence-corrected chi connectivity index (χ3v) is 4.87. The van der Waals surface area contributed by atoms with E-state index >= 15 is 0 Å². The highest BCUT2D eigenvalue weighted by molar-refractivity contribution is 5.73. The minimum Gasteiger partial charge on any atom is -0.363 e. The summed E-state index contributed by atoms with van der Waals surface area (Å²) in [6, 6.07) is 8.95. The highest BCUT2D eigenvalue weighted by atomic mass is 15.4. The number of rotatable bonds is 3. The van der Waals surface area contributed by atoms with Crippen LogP contribution in [0.1, 0.15) is 33.4 Å². The SMILES string of the molecule is Cc1cc(C)c(N2[C]N(c3c(C)cc(C)cc3C)C(N(C)C)=C2)c(C)c1. The molecule has 3 nitrogen and oxygen atoms in total. The van der Waals surface area contributed by atoms with E-state index in [2.05, 4.69) is 107 Å². The average Bonchev–Trinajstić information content (AvgIpc) is 2.89. The minimum atomic E-state index is 1.11. The second-order valence-electron chi connectivity index (χ2n) is 7.68. The van der Waals surface area contributed by atoms with Gasteiger partial charge in [-0.3, -0.25) is 4.90 Å². The monoisotopic (exact) mass is 347 g/mol. The van der Waals surface area contributed by atoms with Crippen LogP contribution >= 0.6 is 0 Å². The van der Waals surface area contributed by atoms with Crippen LogP contribution in [0.3, 0.4) is 0 Å². The van der Waals surface area contributed by atoms with Crippen LogP contribution in [0.5, 0.6) is 0 Å². The van der Waals surface area contributed by atoms with E-state index in [4.69, 9.17) is 0 Å². The van der Waals surface area contributed by atoms with E-state index in [1.807, 2.05) is 0 Å². The number of nitrogens with zero attached hydrogens (tertiary/aromatic N) is 3. The predicted molar refractivity (Wildman–Crippen MR) is 111 cm³/mol. The fourth-order valence-corrected chi connectivity index (χ4v) is 4.03. The molecule has 0 unspecified atom stereocenters. The lowest BCUT2D eigenvalue weighted by Gasteiger charge is -2.29. The fourth-order valence-electron chi connectivity index (χ4n) is 4.03. The van der Waals surface area contributed by atoms with Gasteiger partial charge in [0.25, 0.3) is 0 Å². The van der Waals surface area contributed by atoms with Crippen LogP contribution < -0.4 is 9.80 Å². The average molecular weight is 348 g/mol. The van der Waals surface area contributed by atoms with Gasteiger partial charge in [0.15, 0.2) is 0 Å². The Hall–Kier alpha value is -2.42. The molecule has 1 heterocycles. The molecule has 0 fully saturated rings. The van der Waals surface area contributed by atoms with E-state index in [1.165, 1.54) is 44.8 Å². The molecule has 0 N–H and O–H groups in total. The Kier molecular flexibility index (Phi) is 4.74. The summed E-state index contributed by atoms with van der Waals surface area (Å²) in [5, 5.41) is 0. The molecular weight excluding hydrogens is 318 g/mol. The van der Waals surface area contributed by atoms with E-state index in [9.17, 15) is 0 Å². The lowest BCUT2D eigenvalue weighted by molar-refractivity contribution is 0.502. The summed E-state index contributed by atoms with van der Waals surface area (Å²) in [6.07, 6.45) is 2.17. The standard InChI is InChI=1S/C23H29N3/c1-15-9-17(3)22(18(4)10-15)25-13-21(24(7)8)26(14-25)23-19(5)11-16(2)12-20(23)6/h9-13H,1-8H3. The molecule has 0 saturated carbocycles. The van der Waals surface area contributed by atoms with E-state index < -0.39 is 0 Å². The molecule has 0 saturated heterocycles. The summed E-state index contributed by atoms with van der Waals surface area (Å²) in [7, 11) is 4.16. The maximum absolute atomic E-state index is 3.59. The van der Waals surface area contributed by atoms with Crippen molar-refractivity contribution >= 4 is 11.4 Å². The van der Waals surface area contributed by atoms with Gasteiger partial charge in [0, 0.05) is 26.0 Å². The van der Waals surface area contributed by atoms with Gasteiger partial charge < -0.3 is 9.80 Å². The maximum Gasteiger partial charge on any atom is 0.219 e. The quantitative estimate of drug-likeness (QED) is 0.753. The minimum absolute atomic E-state index is 1.11. The number of anilines is 2. The molecule has 26 heavy (non-hydrogen) atoms. The molecule has 136 valence electrons. The van der Waals surface area contributed by atoms with Gasteiger partial charge in [0.1, 0.15) is 5.82 Å². The van der Waals surface area contributed by atoms with Crippen LogP contribution in [0.2, 0.25) is 0 Å². The van der Waals surface area contributed by atoms with Crippen molar-refractivity contribution in [2.24, 2.45) is 0 Å². The topological polar surface area (TPSA) is 9.72 Å². The van der Waals surface area contributed by atoms with Crippen LogP contribution in [0.25, 0.3) is 0 Å². The molecule has 0 aromatic heterocycles.